The van der Waals surface area contributed by atoms with Crippen LogP contribution < -0.4 is 20.2 Å². The Morgan fingerprint density at radius 1 is 0.750 bits per heavy atom. The van der Waals surface area contributed by atoms with Crippen molar-refractivity contribution in [1.82, 2.24) is 0 Å². The SMILES string of the molecule is CC(C)CN1C(C(=O)Cl)=CC=c2ccc3c(c21)N(CC(C)C)C(C(=O)Cl)=CC=3. The Kier molecular flexibility index (Phi) is 6.01. The van der Waals surface area contributed by atoms with E-state index in [1.54, 1.807) is 12.2 Å². The van der Waals surface area contributed by atoms with Crippen LogP contribution in [0.25, 0.3) is 12.2 Å². The van der Waals surface area contributed by atoms with Crippen molar-refractivity contribution in [3.05, 3.63) is 46.1 Å². The van der Waals surface area contributed by atoms with Crippen LogP contribution in [0.5, 0.6) is 0 Å². The first-order valence-electron chi connectivity index (χ1n) is 9.42. The van der Waals surface area contributed by atoms with Crippen LogP contribution in [0.1, 0.15) is 27.7 Å². The number of hydrogen-bond acceptors (Lipinski definition) is 4. The second-order valence-corrected chi connectivity index (χ2v) is 8.62. The van der Waals surface area contributed by atoms with Crippen molar-refractivity contribution in [3.8, 4) is 0 Å². The molecule has 28 heavy (non-hydrogen) atoms. The van der Waals surface area contributed by atoms with Crippen molar-refractivity contribution < 1.29 is 9.59 Å². The summed E-state index contributed by atoms with van der Waals surface area (Å²) in [6.45, 7) is 9.63. The minimum atomic E-state index is -0.500. The summed E-state index contributed by atoms with van der Waals surface area (Å²) >= 11 is 11.8. The lowest BCUT2D eigenvalue weighted by Crippen LogP contribution is -2.42. The first kappa shape index (κ1) is 20.7. The number of hydrogen-bond donors (Lipinski definition) is 0. The number of nitrogens with zero attached hydrogens (tertiary/aromatic N) is 2. The zero-order valence-electron chi connectivity index (χ0n) is 16.5. The van der Waals surface area contributed by atoms with E-state index in [0.29, 0.717) is 36.3 Å². The van der Waals surface area contributed by atoms with Gasteiger partial charge in [0.1, 0.15) is 11.4 Å². The Labute approximate surface area is 175 Å². The van der Waals surface area contributed by atoms with E-state index in [9.17, 15) is 9.59 Å². The van der Waals surface area contributed by atoms with Crippen molar-refractivity contribution in [1.29, 1.82) is 0 Å². The summed E-state index contributed by atoms with van der Waals surface area (Å²) in [5.74, 6) is 0.606. The molecule has 0 saturated heterocycles. The molecule has 0 amide bonds. The van der Waals surface area contributed by atoms with Gasteiger partial charge in [-0.2, -0.15) is 0 Å². The van der Waals surface area contributed by atoms with Gasteiger partial charge in [0.15, 0.2) is 0 Å². The van der Waals surface area contributed by atoms with E-state index in [4.69, 9.17) is 23.2 Å². The van der Waals surface area contributed by atoms with Gasteiger partial charge in [0, 0.05) is 23.5 Å². The topological polar surface area (TPSA) is 40.6 Å². The van der Waals surface area contributed by atoms with Gasteiger partial charge in [0.05, 0.1) is 11.4 Å². The highest BCUT2D eigenvalue weighted by atomic mass is 35.5. The number of anilines is 2. The molecular formula is C22H24Cl2N2O2. The third-order valence-corrected chi connectivity index (χ3v) is 5.06. The standard InChI is InChI=1S/C22H24Cl2N2O2/c1-13(2)11-25-17(21(23)27)9-7-15-5-6-16-8-10-18(22(24)28)26(12-14(3)4)20(16)19(15)25/h5-10,13-14H,11-12H2,1-4H3. The van der Waals surface area contributed by atoms with Gasteiger partial charge in [-0.15, -0.1) is 0 Å². The third kappa shape index (κ3) is 3.89. The van der Waals surface area contributed by atoms with Crippen LogP contribution in [0.4, 0.5) is 11.4 Å². The van der Waals surface area contributed by atoms with Crippen LogP contribution in [0, 0.1) is 11.8 Å². The first-order chi connectivity index (χ1) is 13.2. The second-order valence-electron chi connectivity index (χ2n) is 7.93. The smallest absolute Gasteiger partial charge is 0.268 e. The maximum Gasteiger partial charge on any atom is 0.268 e. The number of carbonyl (C=O) groups excluding carboxylic acids is 2. The molecule has 2 aliphatic heterocycles. The number of fused-ring (bicyclic) bond motifs is 3. The minimum Gasteiger partial charge on any atom is -0.335 e. The number of benzene rings is 1. The first-order valence-corrected chi connectivity index (χ1v) is 10.2. The van der Waals surface area contributed by atoms with Gasteiger partial charge in [-0.05, 0) is 47.2 Å². The zero-order chi connectivity index (χ0) is 20.6. The normalized spacial score (nSPS) is 15.4. The zero-order valence-corrected chi connectivity index (χ0v) is 18.0. The van der Waals surface area contributed by atoms with Gasteiger partial charge in [0.25, 0.3) is 10.5 Å². The molecule has 0 radical (unpaired) electrons. The molecule has 2 aliphatic rings. The molecule has 148 valence electrons. The summed E-state index contributed by atoms with van der Waals surface area (Å²) in [5.41, 5.74) is 2.65. The molecule has 0 spiro atoms. The second kappa shape index (κ2) is 8.14. The largest absolute Gasteiger partial charge is 0.335 e. The Balaban J connectivity index is 2.30. The van der Waals surface area contributed by atoms with Gasteiger partial charge in [0.2, 0.25) is 0 Å². The fraction of sp³-hybridized carbons (Fsp3) is 0.364. The number of carbonyl (C=O) groups is 2. The van der Waals surface area contributed by atoms with Crippen molar-refractivity contribution in [2.45, 2.75) is 27.7 Å². The van der Waals surface area contributed by atoms with E-state index in [-0.39, 0.29) is 0 Å². The lowest BCUT2D eigenvalue weighted by molar-refractivity contribution is -0.109. The van der Waals surface area contributed by atoms with Crippen LogP contribution >= 0.6 is 23.2 Å². The Hall–Kier alpha value is -2.04. The highest BCUT2D eigenvalue weighted by Gasteiger charge is 2.30. The lowest BCUT2D eigenvalue weighted by Gasteiger charge is -2.37. The summed E-state index contributed by atoms with van der Waals surface area (Å²) in [5, 5.41) is 0.956. The Bertz CT molecular complexity index is 925. The van der Waals surface area contributed by atoms with Crippen molar-refractivity contribution in [2.24, 2.45) is 11.8 Å². The average Bonchev–Trinajstić information content (AvgIpc) is 2.60. The summed E-state index contributed by atoms with van der Waals surface area (Å²) in [7, 11) is 0. The van der Waals surface area contributed by atoms with Crippen molar-refractivity contribution >= 4 is 57.2 Å². The monoisotopic (exact) mass is 418 g/mol. The molecule has 0 aromatic heterocycles. The van der Waals surface area contributed by atoms with E-state index in [1.807, 2.05) is 34.1 Å². The molecule has 0 unspecified atom stereocenters. The molecule has 0 atom stereocenters. The van der Waals surface area contributed by atoms with Crippen LogP contribution in [0.15, 0.2) is 35.7 Å². The van der Waals surface area contributed by atoms with Gasteiger partial charge >= 0.3 is 0 Å². The molecule has 3 rings (SSSR count). The third-order valence-electron chi connectivity index (χ3n) is 4.67. The number of allylic oxidation sites excluding steroid dienone is 4. The van der Waals surface area contributed by atoms with E-state index >= 15 is 0 Å². The molecule has 6 heteroatoms. The molecule has 2 heterocycles. The van der Waals surface area contributed by atoms with Gasteiger partial charge in [-0.1, -0.05) is 52.0 Å². The number of rotatable bonds is 6. The van der Waals surface area contributed by atoms with Crippen LogP contribution in [0.2, 0.25) is 0 Å². The van der Waals surface area contributed by atoms with Crippen molar-refractivity contribution in [2.75, 3.05) is 22.9 Å². The van der Waals surface area contributed by atoms with E-state index < -0.39 is 10.5 Å². The lowest BCUT2D eigenvalue weighted by atomic mass is 10.0. The fourth-order valence-corrected chi connectivity index (χ4v) is 3.99. The molecule has 1 aromatic carbocycles. The predicted molar refractivity (Wildman–Crippen MR) is 117 cm³/mol. The maximum atomic E-state index is 12.1. The summed E-state index contributed by atoms with van der Waals surface area (Å²) in [4.78, 5) is 28.2. The van der Waals surface area contributed by atoms with Gasteiger partial charge < -0.3 is 9.80 Å². The van der Waals surface area contributed by atoms with Crippen LogP contribution in [-0.2, 0) is 9.59 Å². The molecule has 4 nitrogen and oxygen atoms in total. The predicted octanol–water partition coefficient (Wildman–Crippen LogP) is 3.50. The van der Waals surface area contributed by atoms with Crippen LogP contribution in [0.3, 0.4) is 0 Å². The van der Waals surface area contributed by atoms with Crippen LogP contribution in [-0.4, -0.2) is 23.6 Å². The molecule has 0 fully saturated rings. The Morgan fingerprint density at radius 2 is 1.11 bits per heavy atom. The average molecular weight is 419 g/mol. The molecular weight excluding hydrogens is 395 g/mol. The molecule has 0 N–H and O–H groups in total. The van der Waals surface area contributed by atoms with Crippen molar-refractivity contribution in [3.63, 3.8) is 0 Å². The molecule has 0 aliphatic carbocycles. The quantitative estimate of drug-likeness (QED) is 0.662. The minimum absolute atomic E-state index is 0.303. The Morgan fingerprint density at radius 3 is 1.39 bits per heavy atom. The van der Waals surface area contributed by atoms with Gasteiger partial charge in [-0.25, -0.2) is 0 Å². The van der Waals surface area contributed by atoms with Gasteiger partial charge in [-0.3, -0.25) is 9.59 Å². The van der Waals surface area contributed by atoms with E-state index in [0.717, 1.165) is 21.8 Å². The highest BCUT2D eigenvalue weighted by molar-refractivity contribution is 6.68. The highest BCUT2D eigenvalue weighted by Crippen LogP contribution is 2.33. The summed E-state index contributed by atoms with van der Waals surface area (Å²) in [6, 6.07) is 4.05. The molecule has 1 aromatic rings. The van der Waals surface area contributed by atoms with E-state index in [2.05, 4.69) is 27.7 Å². The fourth-order valence-electron chi connectivity index (χ4n) is 3.66. The molecule has 0 saturated carbocycles. The number of halogens is 2. The molecule has 0 bridgehead atoms. The van der Waals surface area contributed by atoms with E-state index in [1.165, 1.54) is 0 Å². The summed E-state index contributed by atoms with van der Waals surface area (Å²) < 4.78 is 0. The maximum absolute atomic E-state index is 12.1. The summed E-state index contributed by atoms with van der Waals surface area (Å²) in [6.07, 6.45) is 7.32.